The van der Waals surface area contributed by atoms with Gasteiger partial charge in [0.05, 0.1) is 13.2 Å². The molecule has 0 radical (unpaired) electrons. The molecule has 0 unspecified atom stereocenters. The highest BCUT2D eigenvalue weighted by atomic mass is 35.5. The summed E-state index contributed by atoms with van der Waals surface area (Å²) in [5.41, 5.74) is 1.08. The van der Waals surface area contributed by atoms with Gasteiger partial charge in [0.1, 0.15) is 12.2 Å². The van der Waals surface area contributed by atoms with E-state index >= 15 is 0 Å². The lowest BCUT2D eigenvalue weighted by Crippen LogP contribution is -2.40. The SMILES string of the molecule is CCc1nncn1CCNC(=NCCCN1CCOCC1)N(C)Cc1ccccc1Cl. The van der Waals surface area contributed by atoms with Gasteiger partial charge in [0.25, 0.3) is 0 Å². The number of nitrogens with one attached hydrogen (secondary N) is 1. The zero-order valence-corrected chi connectivity index (χ0v) is 19.4. The molecule has 3 rings (SSSR count). The highest BCUT2D eigenvalue weighted by Gasteiger charge is 2.11. The molecule has 0 aliphatic carbocycles. The lowest BCUT2D eigenvalue weighted by atomic mass is 10.2. The van der Waals surface area contributed by atoms with E-state index in [4.69, 9.17) is 21.3 Å². The van der Waals surface area contributed by atoms with Crippen LogP contribution in [0.25, 0.3) is 0 Å². The molecule has 0 saturated carbocycles. The molecule has 0 amide bonds. The predicted octanol–water partition coefficient (Wildman–Crippen LogP) is 2.29. The summed E-state index contributed by atoms with van der Waals surface area (Å²) >= 11 is 6.37. The first-order chi connectivity index (χ1) is 15.2. The summed E-state index contributed by atoms with van der Waals surface area (Å²) in [5.74, 6) is 1.88. The van der Waals surface area contributed by atoms with Crippen molar-refractivity contribution in [3.8, 4) is 0 Å². The molecule has 1 fully saturated rings. The molecule has 2 heterocycles. The van der Waals surface area contributed by atoms with Gasteiger partial charge in [-0.2, -0.15) is 0 Å². The van der Waals surface area contributed by atoms with E-state index in [1.165, 1.54) is 0 Å². The summed E-state index contributed by atoms with van der Waals surface area (Å²) < 4.78 is 7.51. The molecule has 2 aromatic rings. The maximum Gasteiger partial charge on any atom is 0.194 e. The molecule has 170 valence electrons. The maximum atomic E-state index is 6.37. The third-order valence-corrected chi connectivity index (χ3v) is 5.74. The van der Waals surface area contributed by atoms with Gasteiger partial charge in [-0.3, -0.25) is 9.89 Å². The summed E-state index contributed by atoms with van der Waals surface area (Å²) in [6.45, 7) is 9.85. The van der Waals surface area contributed by atoms with Crippen molar-refractivity contribution in [2.24, 2.45) is 4.99 Å². The van der Waals surface area contributed by atoms with Crippen LogP contribution >= 0.6 is 11.6 Å². The van der Waals surface area contributed by atoms with Crippen molar-refractivity contribution in [1.29, 1.82) is 0 Å². The van der Waals surface area contributed by atoms with E-state index in [0.717, 1.165) is 87.7 Å². The highest BCUT2D eigenvalue weighted by molar-refractivity contribution is 6.31. The van der Waals surface area contributed by atoms with Crippen molar-refractivity contribution in [1.82, 2.24) is 29.9 Å². The minimum absolute atomic E-state index is 0.696. The van der Waals surface area contributed by atoms with E-state index in [9.17, 15) is 0 Å². The fourth-order valence-electron chi connectivity index (χ4n) is 3.60. The Kier molecular flexibility index (Phi) is 9.58. The number of rotatable bonds is 10. The second-order valence-corrected chi connectivity index (χ2v) is 8.09. The van der Waals surface area contributed by atoms with Crippen LogP contribution in [0.5, 0.6) is 0 Å². The van der Waals surface area contributed by atoms with E-state index in [1.54, 1.807) is 6.33 Å². The Bertz CT molecular complexity index is 820. The van der Waals surface area contributed by atoms with Crippen molar-refractivity contribution in [3.05, 3.63) is 47.0 Å². The van der Waals surface area contributed by atoms with Crippen LogP contribution in [0.3, 0.4) is 0 Å². The molecule has 1 saturated heterocycles. The number of morpholine rings is 1. The van der Waals surface area contributed by atoms with Crippen molar-refractivity contribution >= 4 is 17.6 Å². The predicted molar refractivity (Wildman–Crippen MR) is 124 cm³/mol. The van der Waals surface area contributed by atoms with Gasteiger partial charge in [0, 0.05) is 64.3 Å². The van der Waals surface area contributed by atoms with E-state index in [-0.39, 0.29) is 0 Å². The van der Waals surface area contributed by atoms with Gasteiger partial charge in [-0.15, -0.1) is 10.2 Å². The summed E-state index contributed by atoms with van der Waals surface area (Å²) in [4.78, 5) is 9.46. The highest BCUT2D eigenvalue weighted by Crippen LogP contribution is 2.16. The van der Waals surface area contributed by atoms with Crippen LogP contribution in [0.15, 0.2) is 35.6 Å². The Hall–Kier alpha value is -2.16. The molecule has 9 heteroatoms. The van der Waals surface area contributed by atoms with Crippen molar-refractivity contribution in [2.45, 2.75) is 32.9 Å². The summed E-state index contributed by atoms with van der Waals surface area (Å²) in [6.07, 6.45) is 3.68. The molecule has 1 N–H and O–H groups in total. The molecule has 31 heavy (non-hydrogen) atoms. The van der Waals surface area contributed by atoms with Gasteiger partial charge < -0.3 is 19.5 Å². The molecular weight excluding hydrogens is 414 g/mol. The molecule has 1 aliphatic rings. The van der Waals surface area contributed by atoms with Crippen LogP contribution in [-0.4, -0.2) is 83.5 Å². The van der Waals surface area contributed by atoms with Gasteiger partial charge in [-0.1, -0.05) is 36.7 Å². The van der Waals surface area contributed by atoms with Crippen LogP contribution in [0.4, 0.5) is 0 Å². The average Bonchev–Trinajstić information content (AvgIpc) is 3.25. The second-order valence-electron chi connectivity index (χ2n) is 7.68. The average molecular weight is 448 g/mol. The second kappa shape index (κ2) is 12.6. The first-order valence-electron chi connectivity index (χ1n) is 11.1. The van der Waals surface area contributed by atoms with Crippen LogP contribution in [0.2, 0.25) is 5.02 Å². The standard InChI is InChI=1S/C22H34ClN7O/c1-3-21-27-26-18-30(21)12-10-25-22(24-9-6-11-29-13-15-31-16-14-29)28(2)17-19-7-4-5-8-20(19)23/h4-5,7-8,18H,3,6,9-17H2,1-2H3,(H,24,25). The molecule has 0 atom stereocenters. The Morgan fingerprint density at radius 3 is 2.84 bits per heavy atom. The number of aliphatic imine (C=N–C) groups is 1. The molecular formula is C22H34ClN7O. The number of aryl methyl sites for hydroxylation is 1. The quantitative estimate of drug-likeness (QED) is 0.342. The molecule has 8 nitrogen and oxygen atoms in total. The Balaban J connectivity index is 1.57. The normalized spacial score (nSPS) is 15.3. The van der Waals surface area contributed by atoms with Gasteiger partial charge in [0.15, 0.2) is 5.96 Å². The third kappa shape index (κ3) is 7.48. The monoisotopic (exact) mass is 447 g/mol. The smallest absolute Gasteiger partial charge is 0.194 e. The van der Waals surface area contributed by atoms with E-state index in [2.05, 4.69) is 42.9 Å². The van der Waals surface area contributed by atoms with Gasteiger partial charge >= 0.3 is 0 Å². The van der Waals surface area contributed by atoms with Crippen LogP contribution < -0.4 is 5.32 Å². The Labute approximate surface area is 190 Å². The zero-order chi connectivity index (χ0) is 21.9. The number of ether oxygens (including phenoxy) is 1. The number of nitrogens with zero attached hydrogens (tertiary/aromatic N) is 6. The van der Waals surface area contributed by atoms with Crippen LogP contribution in [0.1, 0.15) is 24.7 Å². The van der Waals surface area contributed by atoms with E-state index in [1.807, 2.05) is 25.2 Å². The number of hydrogen-bond donors (Lipinski definition) is 1. The Morgan fingerprint density at radius 2 is 2.06 bits per heavy atom. The Morgan fingerprint density at radius 1 is 1.26 bits per heavy atom. The van der Waals surface area contributed by atoms with E-state index < -0.39 is 0 Å². The van der Waals surface area contributed by atoms with Crippen molar-refractivity contribution < 1.29 is 4.74 Å². The minimum atomic E-state index is 0.696. The molecule has 1 aliphatic heterocycles. The van der Waals surface area contributed by atoms with Gasteiger partial charge in [-0.25, -0.2) is 0 Å². The number of halogens is 1. The fraction of sp³-hybridized carbons (Fsp3) is 0.591. The third-order valence-electron chi connectivity index (χ3n) is 5.37. The lowest BCUT2D eigenvalue weighted by Gasteiger charge is -2.26. The van der Waals surface area contributed by atoms with Crippen LogP contribution in [0, 0.1) is 0 Å². The maximum absolute atomic E-state index is 6.37. The largest absolute Gasteiger partial charge is 0.379 e. The zero-order valence-electron chi connectivity index (χ0n) is 18.6. The molecule has 1 aromatic heterocycles. The fourth-order valence-corrected chi connectivity index (χ4v) is 3.80. The topological polar surface area (TPSA) is 70.8 Å². The van der Waals surface area contributed by atoms with Crippen molar-refractivity contribution in [3.63, 3.8) is 0 Å². The van der Waals surface area contributed by atoms with Crippen molar-refractivity contribution in [2.75, 3.05) is 53.0 Å². The van der Waals surface area contributed by atoms with Gasteiger partial charge in [-0.05, 0) is 18.1 Å². The van der Waals surface area contributed by atoms with Gasteiger partial charge in [0.2, 0.25) is 0 Å². The molecule has 0 spiro atoms. The number of benzene rings is 1. The number of aromatic nitrogens is 3. The summed E-state index contributed by atoms with van der Waals surface area (Å²) in [7, 11) is 2.05. The first-order valence-corrected chi connectivity index (χ1v) is 11.4. The summed E-state index contributed by atoms with van der Waals surface area (Å²) in [6, 6.07) is 7.95. The van der Waals surface area contributed by atoms with Crippen LogP contribution in [-0.2, 0) is 24.2 Å². The molecule has 0 bridgehead atoms. The lowest BCUT2D eigenvalue weighted by molar-refractivity contribution is 0.0377. The minimum Gasteiger partial charge on any atom is -0.379 e. The first kappa shape index (κ1) is 23.5. The number of hydrogen-bond acceptors (Lipinski definition) is 5. The number of guanidine groups is 1. The van der Waals surface area contributed by atoms with E-state index in [0.29, 0.717) is 6.54 Å². The summed E-state index contributed by atoms with van der Waals surface area (Å²) in [5, 5.41) is 12.5. The molecule has 1 aromatic carbocycles.